The van der Waals surface area contributed by atoms with Crippen LogP contribution in [0, 0.1) is 5.41 Å². The SMILES string of the molecule is CC(Sc1nnc2c(Cl)cc(C(F)(F)F)cn12)C(=O)c1ccc(NC(=O)C(C)(C)C)cc1. The fraction of sp³-hybridized carbons (Fsp3) is 0.333. The zero-order chi connectivity index (χ0) is 23.8. The van der Waals surface area contributed by atoms with E-state index in [9.17, 15) is 22.8 Å². The second-order valence-corrected chi connectivity index (χ2v) is 9.87. The highest BCUT2D eigenvalue weighted by atomic mass is 35.5. The summed E-state index contributed by atoms with van der Waals surface area (Å²) >= 11 is 6.90. The van der Waals surface area contributed by atoms with E-state index in [-0.39, 0.29) is 27.5 Å². The van der Waals surface area contributed by atoms with Gasteiger partial charge in [-0.25, -0.2) is 0 Å². The number of rotatable bonds is 5. The maximum Gasteiger partial charge on any atom is 0.417 e. The van der Waals surface area contributed by atoms with Crippen molar-refractivity contribution < 1.29 is 22.8 Å². The van der Waals surface area contributed by atoms with Crippen LogP contribution in [-0.2, 0) is 11.0 Å². The van der Waals surface area contributed by atoms with E-state index in [1.54, 1.807) is 52.0 Å². The van der Waals surface area contributed by atoms with Crippen LogP contribution >= 0.6 is 23.4 Å². The first kappa shape index (κ1) is 24.1. The molecule has 170 valence electrons. The summed E-state index contributed by atoms with van der Waals surface area (Å²) in [6.45, 7) is 6.99. The summed E-state index contributed by atoms with van der Waals surface area (Å²) in [7, 11) is 0. The first-order valence-corrected chi connectivity index (χ1v) is 10.8. The molecule has 11 heteroatoms. The molecule has 0 spiro atoms. The van der Waals surface area contributed by atoms with Gasteiger partial charge >= 0.3 is 6.18 Å². The lowest BCUT2D eigenvalue weighted by Crippen LogP contribution is -2.27. The third-order valence-corrected chi connectivity index (χ3v) is 5.85. The molecule has 0 saturated heterocycles. The summed E-state index contributed by atoms with van der Waals surface area (Å²) < 4.78 is 40.5. The van der Waals surface area contributed by atoms with Crippen LogP contribution in [0.25, 0.3) is 5.65 Å². The Labute approximate surface area is 191 Å². The van der Waals surface area contributed by atoms with Crippen LogP contribution in [0.1, 0.15) is 43.6 Å². The van der Waals surface area contributed by atoms with Crippen molar-refractivity contribution in [2.75, 3.05) is 5.32 Å². The predicted molar refractivity (Wildman–Crippen MR) is 117 cm³/mol. The Bertz CT molecular complexity index is 1170. The highest BCUT2D eigenvalue weighted by Crippen LogP contribution is 2.34. The zero-order valence-electron chi connectivity index (χ0n) is 17.6. The molecular formula is C21H20ClF3N4O2S. The Balaban J connectivity index is 1.78. The van der Waals surface area contributed by atoms with E-state index in [0.717, 1.165) is 28.4 Å². The van der Waals surface area contributed by atoms with Crippen molar-refractivity contribution in [2.45, 2.75) is 44.3 Å². The van der Waals surface area contributed by atoms with Gasteiger partial charge in [-0.1, -0.05) is 44.1 Å². The van der Waals surface area contributed by atoms with Crippen LogP contribution in [0.4, 0.5) is 18.9 Å². The van der Waals surface area contributed by atoms with Crippen molar-refractivity contribution in [2.24, 2.45) is 5.41 Å². The number of thioether (sulfide) groups is 1. The number of carbonyl (C=O) groups excluding carboxylic acids is 2. The lowest BCUT2D eigenvalue weighted by molar-refractivity contribution is -0.137. The van der Waals surface area contributed by atoms with E-state index in [1.807, 2.05) is 0 Å². The molecule has 0 aliphatic rings. The lowest BCUT2D eigenvalue weighted by atomic mass is 9.95. The molecule has 1 atom stereocenters. The van der Waals surface area contributed by atoms with Gasteiger partial charge in [-0.2, -0.15) is 13.2 Å². The zero-order valence-corrected chi connectivity index (χ0v) is 19.2. The standard InChI is InChI=1S/C21H20ClF3N4O2S/c1-11(16(30)12-5-7-14(8-6-12)26-18(31)20(2,3)4)32-19-28-27-17-15(22)9-13(10-29(17)19)21(23,24)25/h5-11H,1-4H3,(H,26,31). The second-order valence-electron chi connectivity index (χ2n) is 8.16. The predicted octanol–water partition coefficient (Wildman–Crippen LogP) is 5.75. The number of halogens is 4. The Morgan fingerprint density at radius 2 is 1.75 bits per heavy atom. The van der Waals surface area contributed by atoms with Gasteiger partial charge in [-0.05, 0) is 37.3 Å². The number of pyridine rings is 1. The van der Waals surface area contributed by atoms with E-state index in [0.29, 0.717) is 11.3 Å². The maximum atomic E-state index is 13.1. The van der Waals surface area contributed by atoms with Gasteiger partial charge in [-0.15, -0.1) is 10.2 Å². The number of nitrogens with zero attached hydrogens (tertiary/aromatic N) is 3. The van der Waals surface area contributed by atoms with Crippen molar-refractivity contribution in [1.82, 2.24) is 14.6 Å². The van der Waals surface area contributed by atoms with Crippen LogP contribution < -0.4 is 5.32 Å². The number of anilines is 1. The van der Waals surface area contributed by atoms with Gasteiger partial charge in [0.1, 0.15) is 0 Å². The molecule has 0 radical (unpaired) electrons. The summed E-state index contributed by atoms with van der Waals surface area (Å²) in [4.78, 5) is 24.9. The number of amides is 1. The Hall–Kier alpha value is -2.59. The van der Waals surface area contributed by atoms with Gasteiger partial charge in [0.05, 0.1) is 15.8 Å². The molecule has 0 fully saturated rings. The van der Waals surface area contributed by atoms with Crippen molar-refractivity contribution in [3.05, 3.63) is 52.7 Å². The quantitative estimate of drug-likeness (QED) is 0.368. The lowest BCUT2D eigenvalue weighted by Gasteiger charge is -2.17. The highest BCUT2D eigenvalue weighted by molar-refractivity contribution is 8.00. The fourth-order valence-corrected chi connectivity index (χ4v) is 3.80. The summed E-state index contributed by atoms with van der Waals surface area (Å²) in [6.07, 6.45) is -3.73. The van der Waals surface area contributed by atoms with Crippen LogP contribution in [0.3, 0.4) is 0 Å². The number of Topliss-reactive ketones (excluding diaryl/α,β-unsaturated/α-hetero) is 1. The van der Waals surface area contributed by atoms with Crippen LogP contribution in [0.15, 0.2) is 41.7 Å². The first-order chi connectivity index (χ1) is 14.8. The van der Waals surface area contributed by atoms with Gasteiger partial charge in [0.2, 0.25) is 5.91 Å². The third-order valence-electron chi connectivity index (χ3n) is 4.52. The van der Waals surface area contributed by atoms with Gasteiger partial charge < -0.3 is 5.32 Å². The second kappa shape index (κ2) is 8.74. The molecule has 0 aliphatic heterocycles. The smallest absolute Gasteiger partial charge is 0.326 e. The van der Waals surface area contributed by atoms with Gasteiger partial charge in [-0.3, -0.25) is 14.0 Å². The molecule has 0 saturated carbocycles. The minimum atomic E-state index is -4.59. The average Bonchev–Trinajstić information content (AvgIpc) is 3.10. The first-order valence-electron chi connectivity index (χ1n) is 9.51. The number of nitrogens with one attached hydrogen (secondary N) is 1. The highest BCUT2D eigenvalue weighted by Gasteiger charge is 2.32. The monoisotopic (exact) mass is 484 g/mol. The number of fused-ring (bicyclic) bond motifs is 1. The van der Waals surface area contributed by atoms with E-state index < -0.39 is 22.4 Å². The molecule has 0 bridgehead atoms. The normalized spacial score (nSPS) is 13.2. The molecule has 2 aromatic heterocycles. The van der Waals surface area contributed by atoms with E-state index in [1.165, 1.54) is 0 Å². The fourth-order valence-electron chi connectivity index (χ4n) is 2.65. The Kier molecular flexibility index (Phi) is 6.57. The number of ketones is 1. The van der Waals surface area contributed by atoms with E-state index in [2.05, 4.69) is 15.5 Å². The van der Waals surface area contributed by atoms with Crippen molar-refractivity contribution in [3.8, 4) is 0 Å². The molecule has 3 rings (SSSR count). The summed E-state index contributed by atoms with van der Waals surface area (Å²) in [5, 5.41) is 9.75. The van der Waals surface area contributed by atoms with E-state index in [4.69, 9.17) is 11.6 Å². The molecule has 0 aliphatic carbocycles. The molecule has 1 aromatic carbocycles. The molecule has 2 heterocycles. The number of hydrogen-bond acceptors (Lipinski definition) is 5. The van der Waals surface area contributed by atoms with Gasteiger partial charge in [0.25, 0.3) is 0 Å². The minimum absolute atomic E-state index is 0.0701. The largest absolute Gasteiger partial charge is 0.417 e. The minimum Gasteiger partial charge on any atom is -0.326 e. The number of benzene rings is 1. The molecule has 1 N–H and O–H groups in total. The number of hydrogen-bond donors (Lipinski definition) is 1. The van der Waals surface area contributed by atoms with Crippen LogP contribution in [0.2, 0.25) is 5.02 Å². The maximum absolute atomic E-state index is 13.1. The Morgan fingerprint density at radius 3 is 2.31 bits per heavy atom. The van der Waals surface area contributed by atoms with E-state index >= 15 is 0 Å². The number of aromatic nitrogens is 3. The topological polar surface area (TPSA) is 76.4 Å². The molecule has 1 amide bonds. The Morgan fingerprint density at radius 1 is 1.12 bits per heavy atom. The summed E-state index contributed by atoms with van der Waals surface area (Å²) in [5.74, 6) is -0.408. The molecule has 1 unspecified atom stereocenters. The molecule has 32 heavy (non-hydrogen) atoms. The van der Waals surface area contributed by atoms with Crippen LogP contribution in [0.5, 0.6) is 0 Å². The van der Waals surface area contributed by atoms with Crippen molar-refractivity contribution in [1.29, 1.82) is 0 Å². The van der Waals surface area contributed by atoms with Gasteiger partial charge in [0, 0.05) is 22.9 Å². The molecular weight excluding hydrogens is 465 g/mol. The third kappa shape index (κ3) is 5.24. The van der Waals surface area contributed by atoms with Crippen molar-refractivity contribution >= 4 is 46.4 Å². The number of alkyl halides is 3. The summed E-state index contributed by atoms with van der Waals surface area (Å²) in [6, 6.07) is 7.19. The molecule has 3 aromatic rings. The van der Waals surface area contributed by atoms with Crippen LogP contribution in [-0.4, -0.2) is 31.5 Å². The number of carbonyl (C=O) groups is 2. The van der Waals surface area contributed by atoms with Crippen molar-refractivity contribution in [3.63, 3.8) is 0 Å². The molecule has 6 nitrogen and oxygen atoms in total. The van der Waals surface area contributed by atoms with Gasteiger partial charge in [0.15, 0.2) is 16.6 Å². The average molecular weight is 485 g/mol. The summed E-state index contributed by atoms with van der Waals surface area (Å²) in [5.41, 5.74) is -0.486.